The maximum Gasteiger partial charge on any atom is 0.295 e. The number of carbonyl (C=O) groups is 1. The van der Waals surface area contributed by atoms with Crippen LogP contribution in [-0.4, -0.2) is 206 Å². The van der Waals surface area contributed by atoms with Gasteiger partial charge in [0, 0.05) is 78.6 Å². The Morgan fingerprint density at radius 3 is 1.76 bits per heavy atom. The number of nitrogens with zero attached hydrogens (tertiary/aromatic N) is 1. The topological polar surface area (TPSA) is 370 Å². The number of rotatable bonds is 45. The number of carbonyl (C=O) groups excluding carboxylic acids is 1. The van der Waals surface area contributed by atoms with E-state index in [0.29, 0.717) is 142 Å². The maximum absolute atomic E-state index is 13.0. The molecule has 0 spiro atoms. The predicted molar refractivity (Wildman–Crippen MR) is 359 cm³/mol. The van der Waals surface area contributed by atoms with Gasteiger partial charge in [-0.05, 0) is 139 Å². The summed E-state index contributed by atoms with van der Waals surface area (Å²) in [5, 5.41) is 4.12. The van der Waals surface area contributed by atoms with Gasteiger partial charge in [-0.2, -0.15) is 33.7 Å². The average molecular weight is 1450 g/mol. The minimum Gasteiger partial charge on any atom is -0.382 e. The lowest BCUT2D eigenvalue weighted by Crippen LogP contribution is -2.31. The minimum absolute atomic E-state index is 0.0245. The molecule has 0 fully saturated rings. The van der Waals surface area contributed by atoms with Crippen molar-refractivity contribution in [1.82, 2.24) is 0 Å². The van der Waals surface area contributed by atoms with Gasteiger partial charge >= 0.3 is 0 Å². The van der Waals surface area contributed by atoms with Crippen molar-refractivity contribution in [3.8, 4) is 0 Å². The predicted octanol–water partition coefficient (Wildman–Crippen LogP) is 8.64. The highest BCUT2D eigenvalue weighted by atomic mass is 35.5. The number of fused-ring (bicyclic) bond motifs is 4. The molecule has 26 nitrogen and oxygen atoms in total. The molecular formula is C63H87ClN2O24S5. The first-order valence-corrected chi connectivity index (χ1v) is 38.2. The van der Waals surface area contributed by atoms with Crippen LogP contribution in [0, 0.1) is 0 Å². The third kappa shape index (κ3) is 23.2. The van der Waals surface area contributed by atoms with Gasteiger partial charge in [0.05, 0.1) is 120 Å². The van der Waals surface area contributed by atoms with Crippen LogP contribution in [0.1, 0.15) is 82.8 Å². The Bertz CT molecular complexity index is 3880. The Balaban J connectivity index is 1.38. The number of aldehydes is 1. The number of hydrogen-bond acceptors (Lipinski definition) is 21. The van der Waals surface area contributed by atoms with Crippen molar-refractivity contribution in [2.75, 3.05) is 149 Å². The molecule has 1 heterocycles. The second-order valence-corrected chi connectivity index (χ2v) is 30.0. The van der Waals surface area contributed by atoms with Crippen molar-refractivity contribution in [2.24, 2.45) is 0 Å². The molecule has 0 saturated heterocycles. The number of hydrogen-bond donors (Lipinski definition) is 6. The lowest BCUT2D eigenvalue weighted by atomic mass is 9.73. The third-order valence-corrected chi connectivity index (χ3v) is 20.7. The lowest BCUT2D eigenvalue weighted by molar-refractivity contribution is -0.107. The molecule has 0 bridgehead atoms. The van der Waals surface area contributed by atoms with Gasteiger partial charge in [0.25, 0.3) is 40.5 Å². The molecule has 0 aromatic heterocycles. The van der Waals surface area contributed by atoms with Crippen LogP contribution in [0.3, 0.4) is 0 Å². The van der Waals surface area contributed by atoms with Gasteiger partial charge in [-0.3, -0.25) is 18.2 Å². The Kier molecular flexibility index (Phi) is 31.3. The number of ether oxygens (including phenoxy) is 9. The van der Waals surface area contributed by atoms with Gasteiger partial charge in [0.15, 0.2) is 11.1 Å². The first kappa shape index (κ1) is 79.3. The molecule has 0 saturated carbocycles. The normalized spacial score (nSPS) is 17.6. The number of methoxy groups -OCH3 is 2. The number of benzene rings is 4. The molecule has 0 amide bonds. The number of halogens is 1. The molecule has 32 heteroatoms. The fourth-order valence-corrected chi connectivity index (χ4v) is 15.0. The molecule has 95 heavy (non-hydrogen) atoms. The number of nitrogens with one attached hydrogen (secondary N) is 1. The quantitative estimate of drug-likeness (QED) is 0.0104. The molecule has 4 aromatic carbocycles. The Labute approximate surface area is 563 Å². The SMILES string of the molecule is COCCOCCOCCOCCOCCNc1ccc2c(S(=O)O)cc(S(=O)(=O)O)cc2c1C(C)(C/C=C/C1=C(Cl)C(=C/C=C2/N(CCCC=O)c3ccc4c(S(=O)(=O)O)cc(S(=O)(=O)O)cc4c3C2(C)CCOCCOCCOCCOC)/CCC1)CCCS(=O)(=O)O. The van der Waals surface area contributed by atoms with Crippen molar-refractivity contribution < 1.29 is 108 Å². The zero-order valence-corrected chi connectivity index (χ0v) is 58.5. The summed E-state index contributed by atoms with van der Waals surface area (Å²) in [6.07, 6.45) is 10.5. The lowest BCUT2D eigenvalue weighted by Gasteiger charge is -2.33. The van der Waals surface area contributed by atoms with Gasteiger partial charge < -0.3 is 62.2 Å². The Hall–Kier alpha value is -4.69. The minimum atomic E-state index is -5.09. The summed E-state index contributed by atoms with van der Waals surface area (Å²) < 4.78 is 216. The van der Waals surface area contributed by atoms with Crippen molar-refractivity contribution in [3.05, 3.63) is 106 Å². The molecule has 6 N–H and O–H groups in total. The van der Waals surface area contributed by atoms with E-state index >= 15 is 0 Å². The van der Waals surface area contributed by atoms with Gasteiger partial charge in [-0.15, -0.1) is 0 Å². The summed E-state index contributed by atoms with van der Waals surface area (Å²) in [4.78, 5) is 11.2. The molecule has 4 aromatic rings. The summed E-state index contributed by atoms with van der Waals surface area (Å²) in [7, 11) is -16.5. The van der Waals surface area contributed by atoms with E-state index in [1.54, 1.807) is 33.3 Å². The number of anilines is 2. The van der Waals surface area contributed by atoms with Crippen molar-refractivity contribution in [1.29, 1.82) is 0 Å². The van der Waals surface area contributed by atoms with E-state index in [4.69, 9.17) is 54.2 Å². The van der Waals surface area contributed by atoms with E-state index in [0.717, 1.165) is 18.4 Å². The highest BCUT2D eigenvalue weighted by Crippen LogP contribution is 2.54. The first-order valence-electron chi connectivity index (χ1n) is 30.7. The zero-order chi connectivity index (χ0) is 69.5. The standard InChI is InChI=1S/C63H87ClN2O24S5/c1-62(20-9-41-92(70,71)72,59-52-42-48(93(73,74)75)44-56(91(68)69)50(52)14-16-54(59)65-22-26-85-32-34-89-39-40-90-38-36-87-30-28-83-4)19-8-12-46-10-7-11-47(61(46)64)13-18-58-63(2,21-25-84-31-33-88-37-35-86-29-27-82-3)60-53-43-49(94(76,77)78)45-57(95(79,80)81)51(53)15-17-55(60)66(58)23-5-6-24-67/h8,12-18,24,42-45,65H,5-7,9-11,19-23,25-41H2,1-4H3,(H,68,69)(H,70,71,72)(H,73,74,75)(H,76,77,78)(H,79,80,81)/b12-8+,47-13+,58-18+. The molecule has 2 aliphatic rings. The number of allylic oxidation sites excluding steroid dienone is 8. The van der Waals surface area contributed by atoms with Gasteiger partial charge in [0.2, 0.25) is 0 Å². The summed E-state index contributed by atoms with van der Waals surface area (Å²) in [6.45, 7) is 9.11. The summed E-state index contributed by atoms with van der Waals surface area (Å²) in [6, 6.07) is 10.2. The molecular weight excluding hydrogens is 1360 g/mol. The van der Waals surface area contributed by atoms with Gasteiger partial charge in [-0.25, -0.2) is 4.21 Å². The third-order valence-electron chi connectivity index (χ3n) is 16.1. The molecule has 3 unspecified atom stereocenters. The van der Waals surface area contributed by atoms with E-state index in [1.807, 2.05) is 36.1 Å². The van der Waals surface area contributed by atoms with Crippen LogP contribution in [0.5, 0.6) is 0 Å². The van der Waals surface area contributed by atoms with Crippen molar-refractivity contribution in [2.45, 2.75) is 102 Å². The van der Waals surface area contributed by atoms with Crippen LogP contribution in [0.4, 0.5) is 11.4 Å². The average Bonchev–Trinajstić information content (AvgIpc) is 1.60. The largest absolute Gasteiger partial charge is 0.382 e. The summed E-state index contributed by atoms with van der Waals surface area (Å²) in [5.41, 5.74) is 1.49. The highest BCUT2D eigenvalue weighted by molar-refractivity contribution is 7.87. The van der Waals surface area contributed by atoms with Crippen LogP contribution in [0.25, 0.3) is 21.5 Å². The smallest absolute Gasteiger partial charge is 0.295 e. The van der Waals surface area contributed by atoms with Crippen LogP contribution in [0.2, 0.25) is 0 Å². The van der Waals surface area contributed by atoms with Gasteiger partial charge in [0.1, 0.15) is 11.2 Å². The van der Waals surface area contributed by atoms with E-state index in [2.05, 4.69) is 5.32 Å². The number of unbranched alkanes of at least 4 members (excludes halogenated alkanes) is 1. The maximum atomic E-state index is 13.0. The van der Waals surface area contributed by atoms with E-state index in [1.165, 1.54) is 18.2 Å². The van der Waals surface area contributed by atoms with Crippen molar-refractivity contribution in [3.63, 3.8) is 0 Å². The van der Waals surface area contributed by atoms with Crippen LogP contribution < -0.4 is 10.2 Å². The second-order valence-electron chi connectivity index (χ2n) is 22.9. The fourth-order valence-electron chi connectivity index (χ4n) is 11.6. The summed E-state index contributed by atoms with van der Waals surface area (Å²) in [5.74, 6) is -0.644. The zero-order valence-electron chi connectivity index (χ0n) is 53.7. The molecule has 6 rings (SSSR count). The van der Waals surface area contributed by atoms with Crippen LogP contribution in [0.15, 0.2) is 114 Å². The molecule has 3 atom stereocenters. The van der Waals surface area contributed by atoms with Gasteiger partial charge in [-0.1, -0.05) is 48.9 Å². The molecule has 1 aliphatic heterocycles. The Morgan fingerprint density at radius 2 is 1.21 bits per heavy atom. The molecule has 0 radical (unpaired) electrons. The molecule has 530 valence electrons. The second kappa shape index (κ2) is 37.5. The van der Waals surface area contributed by atoms with Crippen LogP contribution in [-0.2, 0) is 110 Å². The first-order chi connectivity index (χ1) is 45.1. The van der Waals surface area contributed by atoms with E-state index in [-0.39, 0.29) is 111 Å². The highest BCUT2D eigenvalue weighted by Gasteiger charge is 2.45. The molecule has 1 aliphatic carbocycles. The monoisotopic (exact) mass is 1450 g/mol. The summed E-state index contributed by atoms with van der Waals surface area (Å²) >= 11 is 4.62. The fraction of sp³-hybridized carbons (Fsp3) is 0.540. The Morgan fingerprint density at radius 1 is 0.663 bits per heavy atom. The van der Waals surface area contributed by atoms with Crippen LogP contribution >= 0.6 is 11.6 Å². The van der Waals surface area contributed by atoms with E-state index in [9.17, 15) is 65.4 Å². The van der Waals surface area contributed by atoms with Crippen molar-refractivity contribution >= 4 is 102 Å². The van der Waals surface area contributed by atoms with E-state index < -0.39 is 82.8 Å².